The molecule has 0 aliphatic heterocycles. The van der Waals surface area contributed by atoms with Gasteiger partial charge in [0.25, 0.3) is 11.7 Å². The molecule has 22 heavy (non-hydrogen) atoms. The molecule has 0 aliphatic carbocycles. The Bertz CT molecular complexity index is 725. The second-order valence-electron chi connectivity index (χ2n) is 5.27. The van der Waals surface area contributed by atoms with Crippen LogP contribution < -0.4 is 0 Å². The predicted octanol–water partition coefficient (Wildman–Crippen LogP) is 1.07. The van der Waals surface area contributed by atoms with Crippen LogP contribution in [0.15, 0.2) is 6.07 Å². The second kappa shape index (κ2) is 6.08. The fraction of sp³-hybridized carbons (Fsp3) is 0.500. The first-order valence-electron chi connectivity index (χ1n) is 7.07. The number of fused-ring (bicyclic) bond motifs is 1. The number of nitrogens with zero attached hydrogens (tertiary/aromatic N) is 5. The van der Waals surface area contributed by atoms with Gasteiger partial charge in [0.1, 0.15) is 6.54 Å². The number of carboxylic acids is 1. The van der Waals surface area contributed by atoms with Gasteiger partial charge in [-0.3, -0.25) is 9.59 Å². The van der Waals surface area contributed by atoms with Crippen molar-refractivity contribution in [2.45, 2.75) is 40.2 Å². The summed E-state index contributed by atoms with van der Waals surface area (Å²) in [6.07, 6.45) is 0.642. The van der Waals surface area contributed by atoms with Crippen LogP contribution in [0.3, 0.4) is 0 Å². The number of carbonyl (C=O) groups is 2. The Labute approximate surface area is 127 Å². The van der Waals surface area contributed by atoms with Gasteiger partial charge >= 0.3 is 5.97 Å². The molecule has 0 aromatic carbocycles. The first kappa shape index (κ1) is 15.9. The van der Waals surface area contributed by atoms with Crippen LogP contribution in [0.4, 0.5) is 0 Å². The van der Waals surface area contributed by atoms with E-state index >= 15 is 0 Å². The average molecular weight is 305 g/mol. The minimum absolute atomic E-state index is 0.0391. The number of carbonyl (C=O) groups excluding carboxylic acids is 1. The monoisotopic (exact) mass is 305 g/mol. The number of amides is 1. The molecule has 2 heterocycles. The van der Waals surface area contributed by atoms with Crippen molar-refractivity contribution in [1.82, 2.24) is 24.5 Å². The van der Waals surface area contributed by atoms with Crippen LogP contribution in [0.1, 0.15) is 42.3 Å². The van der Waals surface area contributed by atoms with Gasteiger partial charge in [0.15, 0.2) is 0 Å². The number of aliphatic carboxylic acids is 1. The van der Waals surface area contributed by atoms with Crippen LogP contribution in [0.25, 0.3) is 5.78 Å². The average Bonchev–Trinajstić information content (AvgIpc) is 2.87. The lowest BCUT2D eigenvalue weighted by molar-refractivity contribution is -0.138. The van der Waals surface area contributed by atoms with E-state index in [2.05, 4.69) is 15.1 Å². The number of aromatic nitrogens is 4. The van der Waals surface area contributed by atoms with Crippen LogP contribution in [0, 0.1) is 13.8 Å². The first-order chi connectivity index (χ1) is 10.3. The van der Waals surface area contributed by atoms with Gasteiger partial charge in [-0.05, 0) is 33.3 Å². The van der Waals surface area contributed by atoms with Crippen molar-refractivity contribution in [3.8, 4) is 0 Å². The van der Waals surface area contributed by atoms with Crippen LogP contribution >= 0.6 is 0 Å². The fourth-order valence-electron chi connectivity index (χ4n) is 2.18. The molecule has 118 valence electrons. The van der Waals surface area contributed by atoms with E-state index in [-0.39, 0.29) is 18.4 Å². The summed E-state index contributed by atoms with van der Waals surface area (Å²) in [5.41, 5.74) is 1.59. The highest BCUT2D eigenvalue weighted by molar-refractivity contribution is 5.93. The molecule has 2 rings (SSSR count). The highest BCUT2D eigenvalue weighted by Crippen LogP contribution is 2.11. The zero-order valence-electron chi connectivity index (χ0n) is 13.1. The van der Waals surface area contributed by atoms with Crippen molar-refractivity contribution >= 4 is 17.7 Å². The largest absolute Gasteiger partial charge is 0.480 e. The second-order valence-corrected chi connectivity index (χ2v) is 5.27. The van der Waals surface area contributed by atoms with Crippen molar-refractivity contribution < 1.29 is 14.7 Å². The summed E-state index contributed by atoms with van der Waals surface area (Å²) in [4.78, 5) is 33.2. The van der Waals surface area contributed by atoms with E-state index in [0.29, 0.717) is 12.2 Å². The van der Waals surface area contributed by atoms with E-state index in [1.54, 1.807) is 6.92 Å². The topological polar surface area (TPSA) is 101 Å². The van der Waals surface area contributed by atoms with Crippen molar-refractivity contribution in [2.24, 2.45) is 0 Å². The standard InChI is InChI=1S/C14H19N5O3/c1-5-9(3)18(7-11(20)21)13(22)12-16-14-15-8(2)6-10(4)19(14)17-12/h6,9H,5,7H2,1-4H3,(H,20,21). The molecule has 0 saturated heterocycles. The normalized spacial score (nSPS) is 12.4. The van der Waals surface area contributed by atoms with E-state index in [9.17, 15) is 9.59 Å². The summed E-state index contributed by atoms with van der Waals surface area (Å²) in [6, 6.07) is 1.62. The number of carboxylic acid groups (broad SMARTS) is 1. The smallest absolute Gasteiger partial charge is 0.323 e. The number of aryl methyl sites for hydroxylation is 2. The number of hydrogen-bond donors (Lipinski definition) is 1. The maximum Gasteiger partial charge on any atom is 0.323 e. The lowest BCUT2D eigenvalue weighted by Crippen LogP contribution is -2.42. The minimum Gasteiger partial charge on any atom is -0.480 e. The number of rotatable bonds is 5. The molecule has 0 bridgehead atoms. The molecule has 8 heteroatoms. The molecule has 0 radical (unpaired) electrons. The van der Waals surface area contributed by atoms with Crippen molar-refractivity contribution in [1.29, 1.82) is 0 Å². The Morgan fingerprint density at radius 2 is 2.05 bits per heavy atom. The molecule has 0 fully saturated rings. The van der Waals surface area contributed by atoms with Gasteiger partial charge in [-0.15, -0.1) is 5.10 Å². The van der Waals surface area contributed by atoms with E-state index in [4.69, 9.17) is 5.11 Å². The molecule has 1 N–H and O–H groups in total. The van der Waals surface area contributed by atoms with Crippen LogP contribution in [0.5, 0.6) is 0 Å². The van der Waals surface area contributed by atoms with Crippen LogP contribution in [-0.2, 0) is 4.79 Å². The highest BCUT2D eigenvalue weighted by atomic mass is 16.4. The lowest BCUT2D eigenvalue weighted by Gasteiger charge is -2.25. The maximum absolute atomic E-state index is 12.5. The van der Waals surface area contributed by atoms with E-state index in [1.165, 1.54) is 9.42 Å². The molecular formula is C14H19N5O3. The van der Waals surface area contributed by atoms with Gasteiger partial charge in [-0.25, -0.2) is 9.50 Å². The maximum atomic E-state index is 12.5. The van der Waals surface area contributed by atoms with Gasteiger partial charge < -0.3 is 10.0 Å². The van der Waals surface area contributed by atoms with Crippen LogP contribution in [0.2, 0.25) is 0 Å². The van der Waals surface area contributed by atoms with Crippen molar-refractivity contribution in [3.05, 3.63) is 23.3 Å². The summed E-state index contributed by atoms with van der Waals surface area (Å²) in [5, 5.41) is 13.1. The summed E-state index contributed by atoms with van der Waals surface area (Å²) in [5.74, 6) is -1.27. The highest BCUT2D eigenvalue weighted by Gasteiger charge is 2.26. The molecule has 1 atom stereocenters. The van der Waals surface area contributed by atoms with E-state index < -0.39 is 11.9 Å². The van der Waals surface area contributed by atoms with Gasteiger partial charge in [-0.1, -0.05) is 6.92 Å². The molecule has 1 amide bonds. The zero-order valence-corrected chi connectivity index (χ0v) is 13.1. The third-order valence-corrected chi connectivity index (χ3v) is 3.50. The van der Waals surface area contributed by atoms with Crippen molar-refractivity contribution in [3.63, 3.8) is 0 Å². The third-order valence-electron chi connectivity index (χ3n) is 3.50. The van der Waals surface area contributed by atoms with E-state index in [0.717, 1.165) is 11.4 Å². The SMILES string of the molecule is CCC(C)N(CC(=O)O)C(=O)c1nc2nc(C)cc(C)n2n1. The Hall–Kier alpha value is -2.51. The molecule has 2 aromatic heterocycles. The fourth-order valence-corrected chi connectivity index (χ4v) is 2.18. The Morgan fingerprint density at radius 3 is 2.64 bits per heavy atom. The van der Waals surface area contributed by atoms with E-state index in [1.807, 2.05) is 26.8 Å². The summed E-state index contributed by atoms with van der Waals surface area (Å²) < 4.78 is 1.48. The summed E-state index contributed by atoms with van der Waals surface area (Å²) in [6.45, 7) is 6.98. The summed E-state index contributed by atoms with van der Waals surface area (Å²) >= 11 is 0. The number of hydrogen-bond acceptors (Lipinski definition) is 5. The molecule has 0 spiro atoms. The van der Waals surface area contributed by atoms with Crippen molar-refractivity contribution in [2.75, 3.05) is 6.54 Å². The van der Waals surface area contributed by atoms with Gasteiger partial charge in [-0.2, -0.15) is 4.98 Å². The summed E-state index contributed by atoms with van der Waals surface area (Å²) in [7, 11) is 0. The molecule has 0 aliphatic rings. The zero-order chi connectivity index (χ0) is 16.4. The van der Waals surface area contributed by atoms with Gasteiger partial charge in [0.05, 0.1) is 0 Å². The Kier molecular flexibility index (Phi) is 4.39. The lowest BCUT2D eigenvalue weighted by atomic mass is 10.2. The Morgan fingerprint density at radius 1 is 1.36 bits per heavy atom. The molecular weight excluding hydrogens is 286 g/mol. The molecule has 2 aromatic rings. The minimum atomic E-state index is -1.07. The molecule has 0 saturated carbocycles. The van der Waals surface area contributed by atoms with Gasteiger partial charge in [0.2, 0.25) is 5.82 Å². The quantitative estimate of drug-likeness (QED) is 0.886. The predicted molar refractivity (Wildman–Crippen MR) is 78.7 cm³/mol. The first-order valence-corrected chi connectivity index (χ1v) is 7.07. The van der Waals surface area contributed by atoms with Crippen LogP contribution in [-0.4, -0.2) is 54.1 Å². The Balaban J connectivity index is 2.42. The molecule has 8 nitrogen and oxygen atoms in total. The molecule has 1 unspecified atom stereocenters. The van der Waals surface area contributed by atoms with Gasteiger partial charge in [0, 0.05) is 17.4 Å². The third kappa shape index (κ3) is 3.05.